The predicted octanol–water partition coefficient (Wildman–Crippen LogP) is 4.93. The van der Waals surface area contributed by atoms with E-state index in [1.54, 1.807) is 41.5 Å². The van der Waals surface area contributed by atoms with Crippen LogP contribution < -0.4 is 15.2 Å². The highest BCUT2D eigenvalue weighted by Crippen LogP contribution is 2.57. The van der Waals surface area contributed by atoms with E-state index >= 15 is 0 Å². The fourth-order valence-corrected chi connectivity index (χ4v) is 6.14. The maximum Gasteiger partial charge on any atom is 0.531 e. The average molecular weight is 706 g/mol. The standard InChI is InChI=1S/C33H44N3O12P/c1-32(2,3)47-49(45,48-33(4,5)6)46-31-23(14-18-29(43)44)12-11-22(13-17-28(41)42)30(31)35-25(38)19-20-34-24(37)10-8-7-9-21-36-26(39)15-16-27(36)40/h11-18H,7-10,19-21H2,1-6H3,(H,34,37)(H,35,38)(H,41,42)(H,43,44). The van der Waals surface area contributed by atoms with Crippen LogP contribution in [0.3, 0.4) is 0 Å². The van der Waals surface area contributed by atoms with E-state index in [0.717, 1.165) is 29.2 Å². The molecular weight excluding hydrogens is 661 g/mol. The normalized spacial score (nSPS) is 13.8. The quantitative estimate of drug-likeness (QED) is 0.0692. The van der Waals surface area contributed by atoms with Crippen molar-refractivity contribution in [1.82, 2.24) is 10.2 Å². The van der Waals surface area contributed by atoms with Gasteiger partial charge in [0.15, 0.2) is 5.75 Å². The van der Waals surface area contributed by atoms with Gasteiger partial charge in [-0.25, -0.2) is 14.2 Å². The Kier molecular flexibility index (Phi) is 14.7. The van der Waals surface area contributed by atoms with Gasteiger partial charge in [-0.1, -0.05) is 18.6 Å². The number of carbonyl (C=O) groups excluding carboxylic acids is 4. The van der Waals surface area contributed by atoms with Crippen LogP contribution in [0, 0.1) is 0 Å². The third-order valence-electron chi connectivity index (χ3n) is 6.13. The van der Waals surface area contributed by atoms with Crippen molar-refractivity contribution in [2.75, 3.05) is 18.4 Å². The van der Waals surface area contributed by atoms with E-state index in [-0.39, 0.29) is 66.2 Å². The lowest BCUT2D eigenvalue weighted by atomic mass is 10.1. The number of hydrogen-bond acceptors (Lipinski definition) is 10. The molecular formula is C33H44N3O12P. The first-order valence-corrected chi connectivity index (χ1v) is 16.9. The molecule has 1 aromatic rings. The molecule has 1 aliphatic heterocycles. The predicted molar refractivity (Wildman–Crippen MR) is 180 cm³/mol. The number of unbranched alkanes of at least 4 members (excludes halogenated alkanes) is 2. The topological polar surface area (TPSA) is 215 Å². The van der Waals surface area contributed by atoms with Gasteiger partial charge >= 0.3 is 19.8 Å². The third-order valence-corrected chi connectivity index (χ3v) is 8.08. The summed E-state index contributed by atoms with van der Waals surface area (Å²) in [5.74, 6) is -4.62. The molecule has 49 heavy (non-hydrogen) atoms. The van der Waals surface area contributed by atoms with Crippen molar-refractivity contribution in [1.29, 1.82) is 0 Å². The van der Waals surface area contributed by atoms with Gasteiger partial charge in [0.1, 0.15) is 0 Å². The Hall–Kier alpha value is -4.59. The van der Waals surface area contributed by atoms with Crippen molar-refractivity contribution in [3.8, 4) is 5.75 Å². The van der Waals surface area contributed by atoms with Crippen molar-refractivity contribution < 1.29 is 57.1 Å². The van der Waals surface area contributed by atoms with E-state index in [1.165, 1.54) is 24.3 Å². The Morgan fingerprint density at radius 2 is 1.33 bits per heavy atom. The number of phosphoric ester groups is 1. The molecule has 4 amide bonds. The summed E-state index contributed by atoms with van der Waals surface area (Å²) in [4.78, 5) is 72.6. The Balaban J connectivity index is 2.26. The summed E-state index contributed by atoms with van der Waals surface area (Å²) in [5.41, 5.74) is -2.10. The lowest BCUT2D eigenvalue weighted by Gasteiger charge is -2.31. The molecule has 15 nitrogen and oxygen atoms in total. The third kappa shape index (κ3) is 15.0. The van der Waals surface area contributed by atoms with Crippen LogP contribution in [0.25, 0.3) is 12.2 Å². The van der Waals surface area contributed by atoms with E-state index in [2.05, 4.69) is 10.6 Å². The molecule has 1 aromatic carbocycles. The second kappa shape index (κ2) is 17.7. The number of carbonyl (C=O) groups is 6. The minimum absolute atomic E-state index is 0.0449. The number of hydrogen-bond donors (Lipinski definition) is 4. The zero-order valence-electron chi connectivity index (χ0n) is 28.4. The molecule has 0 unspecified atom stereocenters. The second-order valence-corrected chi connectivity index (χ2v) is 14.3. The number of imide groups is 1. The molecule has 0 saturated carbocycles. The number of aliphatic carboxylic acids is 2. The van der Waals surface area contributed by atoms with Crippen LogP contribution in [0.2, 0.25) is 0 Å². The molecule has 16 heteroatoms. The van der Waals surface area contributed by atoms with Crippen LogP contribution in [0.15, 0.2) is 36.4 Å². The molecule has 4 N–H and O–H groups in total. The maximum atomic E-state index is 14.1. The van der Waals surface area contributed by atoms with E-state index in [9.17, 15) is 43.5 Å². The van der Waals surface area contributed by atoms with Crippen LogP contribution in [0.4, 0.5) is 5.69 Å². The molecule has 0 bridgehead atoms. The second-order valence-electron chi connectivity index (χ2n) is 12.9. The highest BCUT2D eigenvalue weighted by Gasteiger charge is 2.40. The first-order valence-electron chi connectivity index (χ1n) is 15.5. The number of benzene rings is 1. The molecule has 0 aliphatic carbocycles. The molecule has 0 aromatic heterocycles. The van der Waals surface area contributed by atoms with Gasteiger partial charge in [-0.3, -0.25) is 33.1 Å². The Bertz CT molecular complexity index is 1530. The Morgan fingerprint density at radius 3 is 1.86 bits per heavy atom. The maximum absolute atomic E-state index is 14.1. The number of rotatable bonds is 18. The summed E-state index contributed by atoms with van der Waals surface area (Å²) in [6.07, 6.45) is 7.84. The number of carboxylic acid groups (broad SMARTS) is 2. The van der Waals surface area contributed by atoms with Crippen molar-refractivity contribution in [3.05, 3.63) is 47.6 Å². The first kappa shape index (κ1) is 40.6. The van der Waals surface area contributed by atoms with Gasteiger partial charge in [-0.15, -0.1) is 0 Å². The number of phosphoric acid groups is 1. The fraction of sp³-hybridized carbons (Fsp3) is 0.455. The van der Waals surface area contributed by atoms with E-state index in [1.807, 2.05) is 0 Å². The minimum Gasteiger partial charge on any atom is -0.478 e. The number of anilines is 1. The van der Waals surface area contributed by atoms with Crippen LogP contribution in [-0.2, 0) is 42.4 Å². The van der Waals surface area contributed by atoms with Crippen LogP contribution >= 0.6 is 7.82 Å². The molecule has 1 heterocycles. The summed E-state index contributed by atoms with van der Waals surface area (Å²) in [6, 6.07) is 2.78. The fourth-order valence-electron chi connectivity index (χ4n) is 4.26. The molecule has 0 radical (unpaired) electrons. The number of nitrogens with one attached hydrogen (secondary N) is 2. The molecule has 0 fully saturated rings. The van der Waals surface area contributed by atoms with Gasteiger partial charge in [-0.05, 0) is 66.5 Å². The molecule has 0 atom stereocenters. The first-order chi connectivity index (χ1) is 22.7. The van der Waals surface area contributed by atoms with E-state index in [4.69, 9.17) is 13.6 Å². The highest BCUT2D eigenvalue weighted by molar-refractivity contribution is 7.49. The zero-order chi connectivity index (χ0) is 37.0. The molecule has 268 valence electrons. The molecule has 1 aliphatic rings. The van der Waals surface area contributed by atoms with Crippen molar-refractivity contribution in [2.45, 2.75) is 84.8 Å². The lowest BCUT2D eigenvalue weighted by Crippen LogP contribution is -2.31. The van der Waals surface area contributed by atoms with Gasteiger partial charge in [0.2, 0.25) is 11.8 Å². The minimum atomic E-state index is -4.52. The van der Waals surface area contributed by atoms with Crippen molar-refractivity contribution >= 4 is 61.2 Å². The van der Waals surface area contributed by atoms with Gasteiger partial charge in [0.25, 0.3) is 11.8 Å². The van der Waals surface area contributed by atoms with E-state index in [0.29, 0.717) is 19.3 Å². The summed E-state index contributed by atoms with van der Waals surface area (Å²) < 4.78 is 31.4. The number of carboxylic acids is 2. The van der Waals surface area contributed by atoms with Crippen molar-refractivity contribution in [2.24, 2.45) is 0 Å². The zero-order valence-corrected chi connectivity index (χ0v) is 29.3. The van der Waals surface area contributed by atoms with Crippen LogP contribution in [0.1, 0.15) is 84.8 Å². The van der Waals surface area contributed by atoms with Crippen molar-refractivity contribution in [3.63, 3.8) is 0 Å². The SMILES string of the molecule is CC(C)(C)OP(=O)(Oc1c(C=CC(=O)O)ccc(C=CC(=O)O)c1NC(=O)CCNC(=O)CCCCCN1C(=O)C=CC1=O)OC(C)(C)C. The molecule has 2 rings (SSSR count). The largest absolute Gasteiger partial charge is 0.531 e. The Labute approximate surface area is 285 Å². The van der Waals surface area contributed by atoms with Gasteiger partial charge in [0.05, 0.1) is 16.9 Å². The summed E-state index contributed by atoms with van der Waals surface area (Å²) in [7, 11) is -4.52. The van der Waals surface area contributed by atoms with Gasteiger partial charge in [0, 0.05) is 61.4 Å². The van der Waals surface area contributed by atoms with Gasteiger partial charge in [-0.2, -0.15) is 0 Å². The highest BCUT2D eigenvalue weighted by atomic mass is 31.2. The molecule has 0 spiro atoms. The number of nitrogens with zero attached hydrogens (tertiary/aromatic N) is 1. The van der Waals surface area contributed by atoms with E-state index < -0.39 is 36.9 Å². The monoisotopic (exact) mass is 705 g/mol. The summed E-state index contributed by atoms with van der Waals surface area (Å²) in [5, 5.41) is 23.8. The summed E-state index contributed by atoms with van der Waals surface area (Å²) >= 11 is 0. The van der Waals surface area contributed by atoms with Crippen LogP contribution in [0.5, 0.6) is 5.75 Å². The smallest absolute Gasteiger partial charge is 0.478 e. The number of amides is 4. The Morgan fingerprint density at radius 1 is 0.796 bits per heavy atom. The van der Waals surface area contributed by atoms with Crippen LogP contribution in [-0.4, -0.2) is 75.0 Å². The summed E-state index contributed by atoms with van der Waals surface area (Å²) in [6.45, 7) is 9.86. The van der Waals surface area contributed by atoms with Gasteiger partial charge < -0.3 is 25.4 Å². The molecule has 0 saturated heterocycles. The lowest BCUT2D eigenvalue weighted by molar-refractivity contribution is -0.137. The average Bonchev–Trinajstić information content (AvgIpc) is 3.26.